The normalized spacial score (nSPS) is 18.3. The number of aromatic nitrogens is 1. The molecule has 0 bridgehead atoms. The zero-order chi connectivity index (χ0) is 10.7. The molecule has 1 aromatic heterocycles. The maximum atomic E-state index is 5.13. The summed E-state index contributed by atoms with van der Waals surface area (Å²) in [6.45, 7) is 7.10. The van der Waals surface area contributed by atoms with E-state index in [1.165, 1.54) is 18.4 Å². The third kappa shape index (κ3) is 2.58. The Kier molecular flexibility index (Phi) is 3.38. The fourth-order valence-electron chi connectivity index (χ4n) is 2.03. The molecule has 0 spiro atoms. The van der Waals surface area contributed by atoms with E-state index < -0.39 is 0 Å². The Bertz CT molecular complexity index is 296. The first-order chi connectivity index (χ1) is 7.27. The van der Waals surface area contributed by atoms with E-state index >= 15 is 0 Å². The van der Waals surface area contributed by atoms with Gasteiger partial charge in [-0.25, -0.2) is 0 Å². The van der Waals surface area contributed by atoms with E-state index in [1.807, 2.05) is 13.8 Å². The second-order valence-electron chi connectivity index (χ2n) is 4.21. The lowest BCUT2D eigenvalue weighted by atomic mass is 10.1. The lowest BCUT2D eigenvalue weighted by Crippen LogP contribution is -2.39. The maximum absolute atomic E-state index is 5.13. The standard InChI is InChI=1S/C11H19N3O/c1-8-11(9(2)15-14-8)7-13-10-3-5-12-6-4-10/h10,12-13H,3-7H2,1-2H3. The van der Waals surface area contributed by atoms with E-state index in [-0.39, 0.29) is 0 Å². The second-order valence-corrected chi connectivity index (χ2v) is 4.21. The van der Waals surface area contributed by atoms with Gasteiger partial charge in [-0.2, -0.15) is 0 Å². The van der Waals surface area contributed by atoms with Crippen LogP contribution in [0, 0.1) is 13.8 Å². The van der Waals surface area contributed by atoms with Gasteiger partial charge in [0, 0.05) is 18.2 Å². The molecule has 0 aliphatic carbocycles. The zero-order valence-corrected chi connectivity index (χ0v) is 9.47. The Balaban J connectivity index is 1.87. The molecule has 0 unspecified atom stereocenters. The van der Waals surface area contributed by atoms with Gasteiger partial charge in [-0.05, 0) is 39.8 Å². The van der Waals surface area contributed by atoms with E-state index in [2.05, 4.69) is 15.8 Å². The van der Waals surface area contributed by atoms with Crippen LogP contribution in [0.2, 0.25) is 0 Å². The van der Waals surface area contributed by atoms with E-state index in [1.54, 1.807) is 0 Å². The lowest BCUT2D eigenvalue weighted by molar-refractivity contribution is 0.379. The van der Waals surface area contributed by atoms with Crippen molar-refractivity contribution in [2.75, 3.05) is 13.1 Å². The topological polar surface area (TPSA) is 50.1 Å². The van der Waals surface area contributed by atoms with Gasteiger partial charge in [-0.15, -0.1) is 0 Å². The molecule has 2 rings (SSSR count). The highest BCUT2D eigenvalue weighted by atomic mass is 16.5. The Hall–Kier alpha value is -0.870. The van der Waals surface area contributed by atoms with Crippen molar-refractivity contribution >= 4 is 0 Å². The third-order valence-corrected chi connectivity index (χ3v) is 3.09. The molecule has 1 fully saturated rings. The molecule has 0 atom stereocenters. The molecule has 1 aliphatic rings. The molecule has 0 saturated carbocycles. The van der Waals surface area contributed by atoms with Gasteiger partial charge in [0.25, 0.3) is 0 Å². The van der Waals surface area contributed by atoms with Crippen LogP contribution in [0.5, 0.6) is 0 Å². The monoisotopic (exact) mass is 209 g/mol. The van der Waals surface area contributed by atoms with Gasteiger partial charge in [0.1, 0.15) is 5.76 Å². The van der Waals surface area contributed by atoms with Crippen molar-refractivity contribution in [1.82, 2.24) is 15.8 Å². The molecular weight excluding hydrogens is 190 g/mol. The van der Waals surface area contributed by atoms with Gasteiger partial charge in [-0.1, -0.05) is 5.16 Å². The minimum atomic E-state index is 0.639. The fourth-order valence-corrected chi connectivity index (χ4v) is 2.03. The highest BCUT2D eigenvalue weighted by Gasteiger charge is 2.14. The number of piperidine rings is 1. The molecule has 4 nitrogen and oxygen atoms in total. The molecule has 2 heterocycles. The van der Waals surface area contributed by atoms with Crippen LogP contribution >= 0.6 is 0 Å². The number of nitrogens with zero attached hydrogens (tertiary/aromatic N) is 1. The molecule has 1 aliphatic heterocycles. The van der Waals surface area contributed by atoms with Crippen LogP contribution in [-0.2, 0) is 6.54 Å². The van der Waals surface area contributed by atoms with Gasteiger partial charge in [0.2, 0.25) is 0 Å². The molecule has 1 aromatic rings. The van der Waals surface area contributed by atoms with Crippen LogP contribution < -0.4 is 10.6 Å². The summed E-state index contributed by atoms with van der Waals surface area (Å²) in [5, 5.41) is 10.9. The minimum Gasteiger partial charge on any atom is -0.361 e. The molecule has 0 amide bonds. The summed E-state index contributed by atoms with van der Waals surface area (Å²) in [4.78, 5) is 0. The van der Waals surface area contributed by atoms with Gasteiger partial charge in [0.15, 0.2) is 0 Å². The Morgan fingerprint density at radius 2 is 2.13 bits per heavy atom. The van der Waals surface area contributed by atoms with Crippen LogP contribution in [-0.4, -0.2) is 24.3 Å². The van der Waals surface area contributed by atoms with Crippen molar-refractivity contribution in [3.05, 3.63) is 17.0 Å². The highest BCUT2D eigenvalue weighted by Crippen LogP contribution is 2.12. The molecule has 4 heteroatoms. The second kappa shape index (κ2) is 4.77. The summed E-state index contributed by atoms with van der Waals surface area (Å²) < 4.78 is 5.13. The summed E-state index contributed by atoms with van der Waals surface area (Å²) in [6.07, 6.45) is 2.42. The van der Waals surface area contributed by atoms with E-state index in [9.17, 15) is 0 Å². The summed E-state index contributed by atoms with van der Waals surface area (Å²) in [5.41, 5.74) is 2.22. The van der Waals surface area contributed by atoms with Crippen LogP contribution in [0.25, 0.3) is 0 Å². The fraction of sp³-hybridized carbons (Fsp3) is 0.727. The van der Waals surface area contributed by atoms with Crippen molar-refractivity contribution in [1.29, 1.82) is 0 Å². The van der Waals surface area contributed by atoms with E-state index in [0.717, 1.165) is 31.1 Å². The first kappa shape index (κ1) is 10.6. The first-order valence-corrected chi connectivity index (χ1v) is 5.63. The highest BCUT2D eigenvalue weighted by molar-refractivity contribution is 5.20. The summed E-state index contributed by atoms with van der Waals surface area (Å²) in [6, 6.07) is 0.639. The first-order valence-electron chi connectivity index (χ1n) is 5.63. The molecule has 0 aromatic carbocycles. The summed E-state index contributed by atoms with van der Waals surface area (Å²) in [5.74, 6) is 0.939. The molecule has 2 N–H and O–H groups in total. The zero-order valence-electron chi connectivity index (χ0n) is 9.47. The summed E-state index contributed by atoms with van der Waals surface area (Å²) >= 11 is 0. The molecular formula is C11H19N3O. The van der Waals surface area contributed by atoms with E-state index in [0.29, 0.717) is 6.04 Å². The SMILES string of the molecule is Cc1noc(C)c1CNC1CCNCC1. The largest absolute Gasteiger partial charge is 0.361 e. The van der Waals surface area contributed by atoms with Crippen LogP contribution in [0.15, 0.2) is 4.52 Å². The van der Waals surface area contributed by atoms with Crippen molar-refractivity contribution in [3.8, 4) is 0 Å². The quantitative estimate of drug-likeness (QED) is 0.783. The summed E-state index contributed by atoms with van der Waals surface area (Å²) in [7, 11) is 0. The average Bonchev–Trinajstić information content (AvgIpc) is 2.58. The number of rotatable bonds is 3. The van der Waals surface area contributed by atoms with Crippen molar-refractivity contribution in [2.45, 2.75) is 39.3 Å². The average molecular weight is 209 g/mol. The molecule has 0 radical (unpaired) electrons. The Labute approximate surface area is 90.4 Å². The van der Waals surface area contributed by atoms with Gasteiger partial charge < -0.3 is 15.2 Å². The molecule has 1 saturated heterocycles. The van der Waals surface area contributed by atoms with Crippen molar-refractivity contribution in [3.63, 3.8) is 0 Å². The molecule has 15 heavy (non-hydrogen) atoms. The smallest absolute Gasteiger partial charge is 0.138 e. The van der Waals surface area contributed by atoms with Gasteiger partial charge in [-0.3, -0.25) is 0 Å². The number of nitrogens with one attached hydrogen (secondary N) is 2. The third-order valence-electron chi connectivity index (χ3n) is 3.09. The van der Waals surface area contributed by atoms with Crippen molar-refractivity contribution in [2.24, 2.45) is 0 Å². The number of hydrogen-bond acceptors (Lipinski definition) is 4. The van der Waals surface area contributed by atoms with Gasteiger partial charge in [0.05, 0.1) is 5.69 Å². The van der Waals surface area contributed by atoms with Crippen LogP contribution in [0.1, 0.15) is 29.9 Å². The van der Waals surface area contributed by atoms with Crippen molar-refractivity contribution < 1.29 is 4.52 Å². The predicted octanol–water partition coefficient (Wildman–Crippen LogP) is 1.13. The Morgan fingerprint density at radius 3 is 2.73 bits per heavy atom. The van der Waals surface area contributed by atoms with Crippen LogP contribution in [0.3, 0.4) is 0 Å². The molecule has 84 valence electrons. The minimum absolute atomic E-state index is 0.639. The number of aryl methyl sites for hydroxylation is 2. The number of hydrogen-bond donors (Lipinski definition) is 2. The maximum Gasteiger partial charge on any atom is 0.138 e. The van der Waals surface area contributed by atoms with Crippen LogP contribution in [0.4, 0.5) is 0 Å². The predicted molar refractivity (Wildman–Crippen MR) is 58.7 cm³/mol. The van der Waals surface area contributed by atoms with E-state index in [4.69, 9.17) is 4.52 Å². The van der Waals surface area contributed by atoms with Gasteiger partial charge >= 0.3 is 0 Å². The lowest BCUT2D eigenvalue weighted by Gasteiger charge is -2.23. The Morgan fingerprint density at radius 1 is 1.40 bits per heavy atom.